The quantitative estimate of drug-likeness (QED) is 0.854. The van der Waals surface area contributed by atoms with Crippen LogP contribution in [0.3, 0.4) is 0 Å². The van der Waals surface area contributed by atoms with Crippen LogP contribution in [-0.4, -0.2) is 23.4 Å². The van der Waals surface area contributed by atoms with E-state index in [0.29, 0.717) is 17.0 Å². The number of carbonyl (C=O) groups is 2. The van der Waals surface area contributed by atoms with Gasteiger partial charge in [-0.1, -0.05) is 12.1 Å². The molecule has 2 amide bonds. The lowest BCUT2D eigenvalue weighted by Gasteiger charge is -2.10. The number of aromatic nitrogens is 1. The lowest BCUT2D eigenvalue weighted by atomic mass is 10.2. The van der Waals surface area contributed by atoms with Crippen LogP contribution in [0.5, 0.6) is 5.75 Å². The summed E-state index contributed by atoms with van der Waals surface area (Å²) in [5, 5.41) is 2.69. The molecule has 2 aromatic rings. The van der Waals surface area contributed by atoms with Gasteiger partial charge in [-0.25, -0.2) is 0 Å². The third-order valence-corrected chi connectivity index (χ3v) is 2.42. The lowest BCUT2D eigenvalue weighted by Crippen LogP contribution is -2.21. The van der Waals surface area contributed by atoms with Gasteiger partial charge in [-0.05, 0) is 24.3 Å². The number of primary amides is 1. The second kappa shape index (κ2) is 6.33. The Morgan fingerprint density at radius 3 is 2.70 bits per heavy atom. The maximum Gasteiger partial charge on any atom is 0.259 e. The molecule has 1 heterocycles. The van der Waals surface area contributed by atoms with Crippen LogP contribution in [0.15, 0.2) is 48.8 Å². The monoisotopic (exact) mass is 271 g/mol. The molecule has 1 aromatic carbocycles. The molecule has 0 fully saturated rings. The van der Waals surface area contributed by atoms with E-state index in [1.165, 1.54) is 6.20 Å². The Balaban J connectivity index is 2.15. The standard InChI is InChI=1S/C14H13N3O3/c15-13(18)9-20-12-6-2-1-5-11(12)14(19)17-10-4-3-7-16-8-10/h1-8H,9H2,(H2,15,18)(H,17,19). The minimum atomic E-state index is -0.604. The maximum atomic E-state index is 12.1. The van der Waals surface area contributed by atoms with Gasteiger partial charge in [0.25, 0.3) is 11.8 Å². The molecule has 0 spiro atoms. The topological polar surface area (TPSA) is 94.3 Å². The first-order valence-corrected chi connectivity index (χ1v) is 5.88. The predicted molar refractivity (Wildman–Crippen MR) is 73.3 cm³/mol. The Labute approximate surface area is 115 Å². The molecule has 0 atom stereocenters. The highest BCUT2D eigenvalue weighted by atomic mass is 16.5. The first kappa shape index (κ1) is 13.5. The third kappa shape index (κ3) is 3.55. The summed E-state index contributed by atoms with van der Waals surface area (Å²) in [7, 11) is 0. The summed E-state index contributed by atoms with van der Waals surface area (Å²) < 4.78 is 5.21. The van der Waals surface area contributed by atoms with E-state index in [2.05, 4.69) is 10.3 Å². The van der Waals surface area contributed by atoms with Gasteiger partial charge in [-0.15, -0.1) is 0 Å². The molecule has 0 aliphatic rings. The van der Waals surface area contributed by atoms with E-state index >= 15 is 0 Å². The third-order valence-electron chi connectivity index (χ3n) is 2.42. The van der Waals surface area contributed by atoms with Gasteiger partial charge in [0.1, 0.15) is 5.75 Å². The van der Waals surface area contributed by atoms with Crippen molar-refractivity contribution in [3.8, 4) is 5.75 Å². The Morgan fingerprint density at radius 1 is 1.20 bits per heavy atom. The van der Waals surface area contributed by atoms with Crippen molar-refractivity contribution in [3.05, 3.63) is 54.4 Å². The number of nitrogens with two attached hydrogens (primary N) is 1. The van der Waals surface area contributed by atoms with Gasteiger partial charge in [0, 0.05) is 6.20 Å². The van der Waals surface area contributed by atoms with E-state index in [4.69, 9.17) is 10.5 Å². The van der Waals surface area contributed by atoms with E-state index < -0.39 is 5.91 Å². The number of pyridine rings is 1. The molecule has 0 aliphatic carbocycles. The van der Waals surface area contributed by atoms with Crippen molar-refractivity contribution >= 4 is 17.5 Å². The number of hydrogen-bond donors (Lipinski definition) is 2. The number of nitrogens with zero attached hydrogens (tertiary/aromatic N) is 1. The first-order chi connectivity index (χ1) is 9.66. The summed E-state index contributed by atoms with van der Waals surface area (Å²) >= 11 is 0. The summed E-state index contributed by atoms with van der Waals surface area (Å²) in [6.07, 6.45) is 3.14. The zero-order chi connectivity index (χ0) is 14.4. The highest BCUT2D eigenvalue weighted by molar-refractivity contribution is 6.06. The van der Waals surface area contributed by atoms with Crippen LogP contribution in [0, 0.1) is 0 Å². The molecule has 6 heteroatoms. The van der Waals surface area contributed by atoms with E-state index in [9.17, 15) is 9.59 Å². The number of carbonyl (C=O) groups excluding carboxylic acids is 2. The van der Waals surface area contributed by atoms with Crippen molar-refractivity contribution in [2.75, 3.05) is 11.9 Å². The number of ether oxygens (including phenoxy) is 1. The smallest absolute Gasteiger partial charge is 0.259 e. The predicted octanol–water partition coefficient (Wildman–Crippen LogP) is 1.20. The van der Waals surface area contributed by atoms with Crippen molar-refractivity contribution in [2.45, 2.75) is 0 Å². The van der Waals surface area contributed by atoms with Gasteiger partial charge in [0.2, 0.25) is 0 Å². The lowest BCUT2D eigenvalue weighted by molar-refractivity contribution is -0.119. The average molecular weight is 271 g/mol. The number of rotatable bonds is 5. The van der Waals surface area contributed by atoms with Crippen LogP contribution in [0.4, 0.5) is 5.69 Å². The summed E-state index contributed by atoms with van der Waals surface area (Å²) in [6.45, 7) is -0.281. The van der Waals surface area contributed by atoms with Crippen molar-refractivity contribution < 1.29 is 14.3 Å². The first-order valence-electron chi connectivity index (χ1n) is 5.88. The summed E-state index contributed by atoms with van der Waals surface area (Å²) in [6, 6.07) is 10.0. The molecule has 3 N–H and O–H groups in total. The molecule has 0 bridgehead atoms. The largest absolute Gasteiger partial charge is 0.483 e. The SMILES string of the molecule is NC(=O)COc1ccccc1C(=O)Nc1cccnc1. The molecule has 6 nitrogen and oxygen atoms in total. The van der Waals surface area contributed by atoms with Gasteiger partial charge in [-0.2, -0.15) is 0 Å². The molecule has 0 unspecified atom stereocenters. The fourth-order valence-corrected chi connectivity index (χ4v) is 1.56. The molecule has 102 valence electrons. The normalized spacial score (nSPS) is 9.80. The number of nitrogens with one attached hydrogen (secondary N) is 1. The van der Waals surface area contributed by atoms with Crippen molar-refractivity contribution in [1.82, 2.24) is 4.98 Å². The number of anilines is 1. The van der Waals surface area contributed by atoms with Crippen LogP contribution in [0.2, 0.25) is 0 Å². The van der Waals surface area contributed by atoms with E-state index in [1.807, 2.05) is 0 Å². The molecule has 0 saturated carbocycles. The summed E-state index contributed by atoms with van der Waals surface area (Å²) in [4.78, 5) is 26.8. The molecular formula is C14H13N3O3. The Bertz CT molecular complexity index is 614. The molecule has 0 aliphatic heterocycles. The molecule has 0 radical (unpaired) electrons. The van der Waals surface area contributed by atoms with E-state index in [0.717, 1.165) is 0 Å². The Kier molecular flexibility index (Phi) is 4.28. The zero-order valence-electron chi connectivity index (χ0n) is 10.6. The maximum absolute atomic E-state index is 12.1. The molecule has 1 aromatic heterocycles. The van der Waals surface area contributed by atoms with Crippen molar-refractivity contribution in [2.24, 2.45) is 5.73 Å². The molecule has 20 heavy (non-hydrogen) atoms. The van der Waals surface area contributed by atoms with E-state index in [1.54, 1.807) is 42.6 Å². The van der Waals surface area contributed by atoms with E-state index in [-0.39, 0.29) is 12.5 Å². The Morgan fingerprint density at radius 2 is 2.00 bits per heavy atom. The van der Waals surface area contributed by atoms with Crippen molar-refractivity contribution in [1.29, 1.82) is 0 Å². The second-order valence-corrected chi connectivity index (χ2v) is 3.95. The highest BCUT2D eigenvalue weighted by Crippen LogP contribution is 2.19. The highest BCUT2D eigenvalue weighted by Gasteiger charge is 2.12. The summed E-state index contributed by atoms with van der Waals surface area (Å²) in [5.41, 5.74) is 5.91. The van der Waals surface area contributed by atoms with Gasteiger partial charge >= 0.3 is 0 Å². The molecule has 0 saturated heterocycles. The fourth-order valence-electron chi connectivity index (χ4n) is 1.56. The van der Waals surface area contributed by atoms with Gasteiger partial charge < -0.3 is 15.8 Å². The summed E-state index contributed by atoms with van der Waals surface area (Å²) in [5.74, 6) is -0.654. The molecular weight excluding hydrogens is 258 g/mol. The fraction of sp³-hybridized carbons (Fsp3) is 0.0714. The number of hydrogen-bond acceptors (Lipinski definition) is 4. The van der Waals surface area contributed by atoms with Crippen LogP contribution >= 0.6 is 0 Å². The Hall–Kier alpha value is -2.89. The van der Waals surface area contributed by atoms with Crippen LogP contribution < -0.4 is 15.8 Å². The second-order valence-electron chi connectivity index (χ2n) is 3.95. The van der Waals surface area contributed by atoms with Gasteiger partial charge in [0.05, 0.1) is 17.4 Å². The number of amides is 2. The number of benzene rings is 1. The van der Waals surface area contributed by atoms with Gasteiger partial charge in [-0.3, -0.25) is 14.6 Å². The van der Waals surface area contributed by atoms with Crippen LogP contribution in [0.1, 0.15) is 10.4 Å². The molecule has 2 rings (SSSR count). The minimum Gasteiger partial charge on any atom is -0.483 e. The minimum absolute atomic E-state index is 0.281. The van der Waals surface area contributed by atoms with Crippen LogP contribution in [0.25, 0.3) is 0 Å². The number of para-hydroxylation sites is 1. The van der Waals surface area contributed by atoms with Crippen molar-refractivity contribution in [3.63, 3.8) is 0 Å². The average Bonchev–Trinajstić information content (AvgIpc) is 2.46. The van der Waals surface area contributed by atoms with Gasteiger partial charge in [0.15, 0.2) is 6.61 Å². The van der Waals surface area contributed by atoms with Crippen LogP contribution in [-0.2, 0) is 4.79 Å². The zero-order valence-corrected chi connectivity index (χ0v) is 10.6.